The molecule has 0 radical (unpaired) electrons. The van der Waals surface area contributed by atoms with Gasteiger partial charge in [0.1, 0.15) is 0 Å². The van der Waals surface area contributed by atoms with Crippen molar-refractivity contribution in [3.63, 3.8) is 0 Å². The third kappa shape index (κ3) is 10.0. The first-order chi connectivity index (χ1) is 8.85. The number of hydrogen-bond donors (Lipinski definition) is 3. The monoisotopic (exact) mass is 273 g/mol. The Labute approximate surface area is 113 Å². The van der Waals surface area contributed by atoms with Crippen molar-refractivity contribution in [2.24, 2.45) is 5.92 Å². The highest BCUT2D eigenvalue weighted by Crippen LogP contribution is 1.91. The minimum absolute atomic E-state index is 0.102. The standard InChI is InChI=1S/C12H23N3O4/c1-4-5-15(8-11(17)18)7-10(16)14-12(19)13-6-9(2)3/h9H,4-8H2,1-3H3,(H,17,18)(H2,13,14,16,19). The van der Waals surface area contributed by atoms with Crippen molar-refractivity contribution >= 4 is 17.9 Å². The van der Waals surface area contributed by atoms with Gasteiger partial charge in [0, 0.05) is 6.54 Å². The summed E-state index contributed by atoms with van der Waals surface area (Å²) in [6.07, 6.45) is 0.736. The van der Waals surface area contributed by atoms with Crippen molar-refractivity contribution in [3.05, 3.63) is 0 Å². The quantitative estimate of drug-likeness (QED) is 0.589. The zero-order valence-electron chi connectivity index (χ0n) is 11.7. The van der Waals surface area contributed by atoms with Crippen molar-refractivity contribution in [2.75, 3.05) is 26.2 Å². The molecule has 0 unspecified atom stereocenters. The maximum atomic E-state index is 11.6. The van der Waals surface area contributed by atoms with Gasteiger partial charge in [-0.2, -0.15) is 0 Å². The van der Waals surface area contributed by atoms with Gasteiger partial charge in [0.15, 0.2) is 0 Å². The third-order valence-electron chi connectivity index (χ3n) is 2.19. The van der Waals surface area contributed by atoms with Crippen LogP contribution in [0.15, 0.2) is 0 Å². The summed E-state index contributed by atoms with van der Waals surface area (Å²) in [6.45, 7) is 6.43. The zero-order chi connectivity index (χ0) is 14.8. The predicted molar refractivity (Wildman–Crippen MR) is 70.7 cm³/mol. The maximum absolute atomic E-state index is 11.6. The van der Waals surface area contributed by atoms with Crippen LogP contribution in [0.5, 0.6) is 0 Å². The van der Waals surface area contributed by atoms with Crippen molar-refractivity contribution in [3.8, 4) is 0 Å². The molecule has 7 nitrogen and oxygen atoms in total. The molecule has 0 rings (SSSR count). The Bertz CT molecular complexity index is 318. The molecule has 110 valence electrons. The summed E-state index contributed by atoms with van der Waals surface area (Å²) >= 11 is 0. The molecule has 0 fully saturated rings. The second-order valence-corrected chi connectivity index (χ2v) is 4.76. The summed E-state index contributed by atoms with van der Waals surface area (Å²) in [4.78, 5) is 35.0. The topological polar surface area (TPSA) is 98.7 Å². The fourth-order valence-corrected chi connectivity index (χ4v) is 1.43. The number of nitrogens with one attached hydrogen (secondary N) is 2. The summed E-state index contributed by atoms with van der Waals surface area (Å²) in [6, 6.07) is -0.550. The lowest BCUT2D eigenvalue weighted by molar-refractivity contribution is -0.138. The smallest absolute Gasteiger partial charge is 0.321 e. The average Bonchev–Trinajstić information content (AvgIpc) is 2.25. The van der Waals surface area contributed by atoms with Crippen LogP contribution in [0.25, 0.3) is 0 Å². The van der Waals surface area contributed by atoms with E-state index in [4.69, 9.17) is 5.11 Å². The summed E-state index contributed by atoms with van der Waals surface area (Å²) in [5.41, 5.74) is 0. The summed E-state index contributed by atoms with van der Waals surface area (Å²) in [7, 11) is 0. The van der Waals surface area contributed by atoms with Crippen molar-refractivity contribution < 1.29 is 19.5 Å². The minimum atomic E-state index is -0.995. The normalized spacial score (nSPS) is 10.6. The Hall–Kier alpha value is -1.63. The number of amides is 3. The van der Waals surface area contributed by atoms with Crippen LogP contribution in [0, 0.1) is 5.92 Å². The lowest BCUT2D eigenvalue weighted by Crippen LogP contribution is -2.46. The van der Waals surface area contributed by atoms with E-state index in [0.717, 1.165) is 6.42 Å². The highest BCUT2D eigenvalue weighted by atomic mass is 16.4. The van der Waals surface area contributed by atoms with Crippen molar-refractivity contribution in [2.45, 2.75) is 27.2 Å². The Kier molecular flexibility index (Phi) is 8.52. The second-order valence-electron chi connectivity index (χ2n) is 4.76. The largest absolute Gasteiger partial charge is 0.480 e. The van der Waals surface area contributed by atoms with E-state index in [1.165, 1.54) is 4.90 Å². The summed E-state index contributed by atoms with van der Waals surface area (Å²) in [5, 5.41) is 13.4. The van der Waals surface area contributed by atoms with Crippen LogP contribution in [0.1, 0.15) is 27.2 Å². The molecule has 0 heterocycles. The number of aliphatic carboxylic acids is 1. The molecule has 0 aromatic carbocycles. The molecule has 7 heteroatoms. The first kappa shape index (κ1) is 17.4. The molecular formula is C12H23N3O4. The van der Waals surface area contributed by atoms with Gasteiger partial charge in [0.05, 0.1) is 13.1 Å². The molecule has 0 aromatic rings. The van der Waals surface area contributed by atoms with Gasteiger partial charge >= 0.3 is 12.0 Å². The van der Waals surface area contributed by atoms with E-state index < -0.39 is 17.9 Å². The number of carbonyl (C=O) groups is 3. The molecular weight excluding hydrogens is 250 g/mol. The zero-order valence-corrected chi connectivity index (χ0v) is 11.7. The Morgan fingerprint density at radius 2 is 1.84 bits per heavy atom. The van der Waals surface area contributed by atoms with Crippen molar-refractivity contribution in [1.82, 2.24) is 15.5 Å². The fourth-order valence-electron chi connectivity index (χ4n) is 1.43. The number of carboxylic acids is 1. The molecule has 0 aliphatic carbocycles. The molecule has 3 N–H and O–H groups in total. The van der Waals surface area contributed by atoms with Crippen LogP contribution in [0.2, 0.25) is 0 Å². The van der Waals surface area contributed by atoms with E-state index in [1.54, 1.807) is 0 Å². The molecule has 0 aliphatic rings. The Balaban J connectivity index is 4.10. The molecule has 0 bridgehead atoms. The molecule has 3 amide bonds. The van der Waals surface area contributed by atoms with Gasteiger partial charge < -0.3 is 10.4 Å². The number of hydrogen-bond acceptors (Lipinski definition) is 4. The van der Waals surface area contributed by atoms with E-state index >= 15 is 0 Å². The van der Waals surface area contributed by atoms with E-state index in [1.807, 2.05) is 20.8 Å². The van der Waals surface area contributed by atoms with Crippen LogP contribution in [-0.4, -0.2) is 54.1 Å². The van der Waals surface area contributed by atoms with Crippen LogP contribution < -0.4 is 10.6 Å². The fraction of sp³-hybridized carbons (Fsp3) is 0.750. The highest BCUT2D eigenvalue weighted by Gasteiger charge is 2.15. The van der Waals surface area contributed by atoms with E-state index in [-0.39, 0.29) is 13.1 Å². The molecule has 0 saturated carbocycles. The van der Waals surface area contributed by atoms with Gasteiger partial charge in [-0.05, 0) is 18.9 Å². The highest BCUT2D eigenvalue weighted by molar-refractivity contribution is 5.95. The molecule has 19 heavy (non-hydrogen) atoms. The van der Waals surface area contributed by atoms with Gasteiger partial charge in [-0.15, -0.1) is 0 Å². The number of nitrogens with zero attached hydrogens (tertiary/aromatic N) is 1. The average molecular weight is 273 g/mol. The number of imide groups is 1. The molecule has 0 aromatic heterocycles. The van der Waals surface area contributed by atoms with E-state index in [2.05, 4.69) is 10.6 Å². The van der Waals surface area contributed by atoms with Gasteiger partial charge in [0.2, 0.25) is 5.91 Å². The van der Waals surface area contributed by atoms with E-state index in [9.17, 15) is 14.4 Å². The first-order valence-electron chi connectivity index (χ1n) is 6.37. The lowest BCUT2D eigenvalue weighted by atomic mass is 10.2. The SMILES string of the molecule is CCCN(CC(=O)O)CC(=O)NC(=O)NCC(C)C. The van der Waals surface area contributed by atoms with Crippen LogP contribution in [0.4, 0.5) is 4.79 Å². The number of urea groups is 1. The number of rotatable bonds is 8. The Morgan fingerprint density at radius 1 is 1.21 bits per heavy atom. The Morgan fingerprint density at radius 3 is 2.32 bits per heavy atom. The van der Waals surface area contributed by atoms with Gasteiger partial charge in [-0.3, -0.25) is 19.8 Å². The lowest BCUT2D eigenvalue weighted by Gasteiger charge is -2.18. The number of carboxylic acid groups (broad SMARTS) is 1. The van der Waals surface area contributed by atoms with E-state index in [0.29, 0.717) is 19.0 Å². The third-order valence-corrected chi connectivity index (χ3v) is 2.19. The van der Waals surface area contributed by atoms with Crippen LogP contribution in [-0.2, 0) is 9.59 Å². The predicted octanol–water partition coefficient (Wildman–Crippen LogP) is 0.265. The summed E-state index contributed by atoms with van der Waals surface area (Å²) < 4.78 is 0. The molecule has 0 spiro atoms. The first-order valence-corrected chi connectivity index (χ1v) is 6.37. The summed E-state index contributed by atoms with van der Waals surface area (Å²) in [5.74, 6) is -1.20. The second kappa shape index (κ2) is 9.32. The van der Waals surface area contributed by atoms with Gasteiger partial charge in [-0.25, -0.2) is 4.79 Å². The minimum Gasteiger partial charge on any atom is -0.480 e. The maximum Gasteiger partial charge on any atom is 0.321 e. The van der Waals surface area contributed by atoms with Gasteiger partial charge in [-0.1, -0.05) is 20.8 Å². The van der Waals surface area contributed by atoms with Crippen LogP contribution >= 0.6 is 0 Å². The van der Waals surface area contributed by atoms with Crippen LogP contribution in [0.3, 0.4) is 0 Å². The van der Waals surface area contributed by atoms with Crippen molar-refractivity contribution in [1.29, 1.82) is 0 Å². The van der Waals surface area contributed by atoms with Gasteiger partial charge in [0.25, 0.3) is 0 Å². The number of carbonyl (C=O) groups excluding carboxylic acids is 2. The molecule has 0 aliphatic heterocycles. The molecule has 0 atom stereocenters. The molecule has 0 saturated heterocycles.